The molecule has 0 bridgehead atoms. The van der Waals surface area contributed by atoms with Crippen LogP contribution in [0.4, 0.5) is 9.59 Å². The van der Waals surface area contributed by atoms with E-state index in [1.807, 2.05) is 37.3 Å². The number of ether oxygens (including phenoxy) is 3. The van der Waals surface area contributed by atoms with E-state index in [1.54, 1.807) is 22.7 Å². The third-order valence-corrected chi connectivity index (χ3v) is 5.41. The van der Waals surface area contributed by atoms with Gasteiger partial charge in [0.15, 0.2) is 0 Å². The SMILES string of the molecule is CCCCOC(=O)N1CCSC(C=C(NC(=O)OCc2ccccc2)C(=O)OC)C1. The molecule has 1 fully saturated rings. The highest BCUT2D eigenvalue weighted by Gasteiger charge is 2.26. The van der Waals surface area contributed by atoms with Crippen molar-refractivity contribution in [3.8, 4) is 0 Å². The summed E-state index contributed by atoms with van der Waals surface area (Å²) in [4.78, 5) is 38.0. The summed E-state index contributed by atoms with van der Waals surface area (Å²) in [5, 5.41) is 2.26. The summed E-state index contributed by atoms with van der Waals surface area (Å²) in [7, 11) is 1.23. The second kappa shape index (κ2) is 12.8. The van der Waals surface area contributed by atoms with Crippen molar-refractivity contribution < 1.29 is 28.6 Å². The number of esters is 1. The first-order valence-electron chi connectivity index (χ1n) is 9.84. The van der Waals surface area contributed by atoms with Gasteiger partial charge >= 0.3 is 18.2 Å². The van der Waals surface area contributed by atoms with Gasteiger partial charge < -0.3 is 19.1 Å². The van der Waals surface area contributed by atoms with Crippen molar-refractivity contribution in [2.75, 3.05) is 32.6 Å². The fourth-order valence-corrected chi connectivity index (χ4v) is 3.81. The summed E-state index contributed by atoms with van der Waals surface area (Å²) in [5.74, 6) is 0.00615. The number of carbonyl (C=O) groups is 3. The number of nitrogens with one attached hydrogen (secondary N) is 1. The first-order chi connectivity index (χ1) is 14.5. The van der Waals surface area contributed by atoms with Gasteiger partial charge in [0.25, 0.3) is 0 Å². The predicted octanol–water partition coefficient (Wildman–Crippen LogP) is 3.32. The molecule has 1 aliphatic heterocycles. The third-order valence-electron chi connectivity index (χ3n) is 4.28. The minimum absolute atomic E-state index is 0.0192. The molecule has 1 N–H and O–H groups in total. The average Bonchev–Trinajstić information content (AvgIpc) is 2.77. The van der Waals surface area contributed by atoms with Gasteiger partial charge in [0, 0.05) is 24.1 Å². The Bertz CT molecular complexity index is 740. The van der Waals surface area contributed by atoms with E-state index in [2.05, 4.69) is 5.32 Å². The Morgan fingerprint density at radius 3 is 2.70 bits per heavy atom. The first-order valence-corrected chi connectivity index (χ1v) is 10.9. The van der Waals surface area contributed by atoms with E-state index < -0.39 is 12.1 Å². The van der Waals surface area contributed by atoms with Gasteiger partial charge in [-0.15, -0.1) is 0 Å². The highest BCUT2D eigenvalue weighted by Crippen LogP contribution is 2.21. The Morgan fingerprint density at radius 2 is 2.00 bits per heavy atom. The largest absolute Gasteiger partial charge is 0.464 e. The highest BCUT2D eigenvalue weighted by molar-refractivity contribution is 8.00. The van der Waals surface area contributed by atoms with Crippen LogP contribution in [0.15, 0.2) is 42.1 Å². The second-order valence-electron chi connectivity index (χ2n) is 6.58. The van der Waals surface area contributed by atoms with Gasteiger partial charge in [-0.25, -0.2) is 14.4 Å². The van der Waals surface area contributed by atoms with Crippen LogP contribution in [-0.2, 0) is 25.6 Å². The minimum atomic E-state index is -0.757. The molecule has 0 aliphatic carbocycles. The molecule has 164 valence electrons. The van der Waals surface area contributed by atoms with E-state index in [4.69, 9.17) is 14.2 Å². The van der Waals surface area contributed by atoms with Crippen LogP contribution in [0.1, 0.15) is 25.3 Å². The number of unbranched alkanes of at least 4 members (excludes halogenated alkanes) is 1. The van der Waals surface area contributed by atoms with Crippen molar-refractivity contribution in [3.63, 3.8) is 0 Å². The summed E-state index contributed by atoms with van der Waals surface area (Å²) >= 11 is 1.58. The number of methoxy groups -OCH3 is 1. The Labute approximate surface area is 180 Å². The third kappa shape index (κ3) is 7.98. The van der Waals surface area contributed by atoms with Crippen LogP contribution in [0.25, 0.3) is 0 Å². The van der Waals surface area contributed by atoms with Crippen molar-refractivity contribution >= 4 is 29.9 Å². The maximum absolute atomic E-state index is 12.2. The smallest absolute Gasteiger partial charge is 0.412 e. The second-order valence-corrected chi connectivity index (χ2v) is 7.93. The molecule has 1 unspecified atom stereocenters. The Morgan fingerprint density at radius 1 is 1.23 bits per heavy atom. The predicted molar refractivity (Wildman–Crippen MR) is 114 cm³/mol. The lowest BCUT2D eigenvalue weighted by atomic mass is 10.2. The molecule has 1 aromatic rings. The van der Waals surface area contributed by atoms with Crippen LogP contribution in [0, 0.1) is 0 Å². The van der Waals surface area contributed by atoms with Gasteiger partial charge in [-0.1, -0.05) is 43.7 Å². The Hall–Kier alpha value is -2.68. The van der Waals surface area contributed by atoms with E-state index in [0.29, 0.717) is 25.4 Å². The molecule has 8 nitrogen and oxygen atoms in total. The van der Waals surface area contributed by atoms with Gasteiger partial charge in [-0.2, -0.15) is 11.8 Å². The maximum atomic E-state index is 12.2. The van der Waals surface area contributed by atoms with Gasteiger partial charge in [0.1, 0.15) is 12.3 Å². The molecule has 9 heteroatoms. The number of nitrogens with zero attached hydrogens (tertiary/aromatic N) is 1. The van der Waals surface area contributed by atoms with Crippen LogP contribution >= 0.6 is 11.8 Å². The molecule has 1 heterocycles. The van der Waals surface area contributed by atoms with Crippen LogP contribution < -0.4 is 5.32 Å². The molecule has 0 saturated carbocycles. The van der Waals surface area contributed by atoms with E-state index in [1.165, 1.54) is 7.11 Å². The van der Waals surface area contributed by atoms with E-state index in [9.17, 15) is 14.4 Å². The van der Waals surface area contributed by atoms with Gasteiger partial charge in [0.05, 0.1) is 13.7 Å². The van der Waals surface area contributed by atoms with Crippen molar-refractivity contribution in [1.82, 2.24) is 10.2 Å². The zero-order chi connectivity index (χ0) is 21.8. The van der Waals surface area contributed by atoms with E-state index >= 15 is 0 Å². The monoisotopic (exact) mass is 436 g/mol. The topological polar surface area (TPSA) is 94.2 Å². The van der Waals surface area contributed by atoms with E-state index in [0.717, 1.165) is 18.4 Å². The summed E-state index contributed by atoms with van der Waals surface area (Å²) < 4.78 is 15.2. The van der Waals surface area contributed by atoms with Gasteiger partial charge in [-0.3, -0.25) is 5.32 Å². The van der Waals surface area contributed by atoms with Gasteiger partial charge in [0.2, 0.25) is 0 Å². The van der Waals surface area contributed by atoms with Crippen LogP contribution in [0.5, 0.6) is 0 Å². The van der Waals surface area contributed by atoms with Crippen LogP contribution in [0.2, 0.25) is 0 Å². The molecule has 1 aliphatic rings. The molecule has 1 aromatic carbocycles. The molecule has 0 spiro atoms. The number of hydrogen-bond acceptors (Lipinski definition) is 7. The quantitative estimate of drug-likeness (QED) is 0.289. The Balaban J connectivity index is 1.95. The molecule has 1 saturated heterocycles. The zero-order valence-corrected chi connectivity index (χ0v) is 18.1. The number of thioether (sulfide) groups is 1. The normalized spacial score (nSPS) is 16.5. The summed E-state index contributed by atoms with van der Waals surface area (Å²) in [5.41, 5.74) is 0.811. The van der Waals surface area contributed by atoms with Crippen molar-refractivity contribution in [1.29, 1.82) is 0 Å². The number of carbonyl (C=O) groups excluding carboxylic acids is 3. The number of hydrogen-bond donors (Lipinski definition) is 1. The molecule has 0 aromatic heterocycles. The molecule has 30 heavy (non-hydrogen) atoms. The first kappa shape index (κ1) is 23.6. The zero-order valence-electron chi connectivity index (χ0n) is 17.3. The molecule has 1 atom stereocenters. The van der Waals surface area contributed by atoms with Crippen LogP contribution in [-0.4, -0.2) is 60.9 Å². The summed E-state index contributed by atoms with van der Waals surface area (Å²) in [6.07, 6.45) is 2.23. The molecular formula is C21H28N2O6S. The highest BCUT2D eigenvalue weighted by atomic mass is 32.2. The van der Waals surface area contributed by atoms with Gasteiger partial charge in [-0.05, 0) is 18.1 Å². The van der Waals surface area contributed by atoms with Crippen molar-refractivity contribution in [2.24, 2.45) is 0 Å². The van der Waals surface area contributed by atoms with Crippen molar-refractivity contribution in [2.45, 2.75) is 31.6 Å². The number of rotatable bonds is 8. The molecular weight excluding hydrogens is 408 g/mol. The maximum Gasteiger partial charge on any atom is 0.412 e. The number of amides is 2. The number of benzene rings is 1. The molecule has 2 amide bonds. The average molecular weight is 437 g/mol. The lowest BCUT2D eigenvalue weighted by Gasteiger charge is -2.30. The fraction of sp³-hybridized carbons (Fsp3) is 0.476. The summed E-state index contributed by atoms with van der Waals surface area (Å²) in [6.45, 7) is 3.44. The molecule has 2 rings (SSSR count). The fourth-order valence-electron chi connectivity index (χ4n) is 2.66. The molecule has 0 radical (unpaired) electrons. The summed E-state index contributed by atoms with van der Waals surface area (Å²) in [6, 6.07) is 9.21. The number of alkyl carbamates (subject to hydrolysis) is 1. The lowest BCUT2D eigenvalue weighted by molar-refractivity contribution is -0.136. The minimum Gasteiger partial charge on any atom is -0.464 e. The standard InChI is InChI=1S/C21H28N2O6S/c1-3-4-11-28-21(26)23-10-12-30-17(14-23)13-18(19(24)27-2)22-20(25)29-15-16-8-6-5-7-9-16/h5-9,13,17H,3-4,10-12,14-15H2,1-2H3,(H,22,25). The van der Waals surface area contributed by atoms with E-state index in [-0.39, 0.29) is 23.6 Å². The van der Waals surface area contributed by atoms with Crippen molar-refractivity contribution in [3.05, 3.63) is 47.7 Å². The lowest BCUT2D eigenvalue weighted by Crippen LogP contribution is -2.42. The van der Waals surface area contributed by atoms with Crippen LogP contribution in [0.3, 0.4) is 0 Å². The Kier molecular flexibility index (Phi) is 10.1.